The van der Waals surface area contributed by atoms with Crippen molar-refractivity contribution in [1.82, 2.24) is 0 Å². The number of nitrogens with one attached hydrogen (secondary N) is 1. The van der Waals surface area contributed by atoms with Gasteiger partial charge in [-0.25, -0.2) is 9.18 Å². The molecule has 1 rings (SSSR count). The van der Waals surface area contributed by atoms with Crippen molar-refractivity contribution in [3.05, 3.63) is 28.5 Å². The summed E-state index contributed by atoms with van der Waals surface area (Å²) in [4.78, 5) is 10.7. The Morgan fingerprint density at radius 1 is 1.60 bits per heavy atom. The van der Waals surface area contributed by atoms with Crippen LogP contribution in [-0.2, 0) is 0 Å². The largest absolute Gasteiger partial charge is 0.478 e. The van der Waals surface area contributed by atoms with Gasteiger partial charge in [-0.2, -0.15) is 0 Å². The van der Waals surface area contributed by atoms with Crippen molar-refractivity contribution in [3.8, 4) is 0 Å². The molecule has 0 radical (unpaired) electrons. The molecule has 0 unspecified atom stereocenters. The molecule has 5 heteroatoms. The molecule has 0 aliphatic carbocycles. The van der Waals surface area contributed by atoms with Crippen LogP contribution in [0.4, 0.5) is 10.1 Å². The van der Waals surface area contributed by atoms with Gasteiger partial charge < -0.3 is 10.4 Å². The first-order valence-corrected chi connectivity index (χ1v) is 4.90. The summed E-state index contributed by atoms with van der Waals surface area (Å²) in [5, 5.41) is 11.5. The summed E-state index contributed by atoms with van der Waals surface area (Å²) < 4.78 is 13.3. The molecule has 0 aliphatic heterocycles. The van der Waals surface area contributed by atoms with Crippen LogP contribution in [0.25, 0.3) is 0 Å². The van der Waals surface area contributed by atoms with Crippen LogP contribution in [0.2, 0.25) is 5.02 Å². The number of rotatable bonds is 4. The highest BCUT2D eigenvalue weighted by molar-refractivity contribution is 6.33. The molecule has 3 nitrogen and oxygen atoms in total. The van der Waals surface area contributed by atoms with Crippen molar-refractivity contribution >= 4 is 23.3 Å². The number of anilines is 1. The predicted octanol–water partition coefficient (Wildman–Crippen LogP) is 3.00. The molecule has 0 aromatic heterocycles. The average Bonchev–Trinajstić information content (AvgIpc) is 2.16. The predicted molar refractivity (Wildman–Crippen MR) is 57.2 cm³/mol. The Bertz CT molecular complexity index is 382. The number of carboxylic acid groups (broad SMARTS) is 1. The Morgan fingerprint density at radius 3 is 2.80 bits per heavy atom. The molecule has 82 valence electrons. The topological polar surface area (TPSA) is 49.3 Å². The lowest BCUT2D eigenvalue weighted by molar-refractivity contribution is 0.0697. The maximum absolute atomic E-state index is 13.3. The van der Waals surface area contributed by atoms with E-state index >= 15 is 0 Å². The number of hydrogen-bond donors (Lipinski definition) is 2. The van der Waals surface area contributed by atoms with Crippen LogP contribution < -0.4 is 5.32 Å². The molecular weight excluding hydrogens is 221 g/mol. The zero-order valence-corrected chi connectivity index (χ0v) is 8.94. The van der Waals surface area contributed by atoms with Crippen molar-refractivity contribution in [2.24, 2.45) is 0 Å². The van der Waals surface area contributed by atoms with E-state index in [-0.39, 0.29) is 16.3 Å². The first-order valence-electron chi connectivity index (χ1n) is 4.52. The van der Waals surface area contributed by atoms with E-state index in [4.69, 9.17) is 16.7 Å². The van der Waals surface area contributed by atoms with E-state index in [1.807, 2.05) is 6.92 Å². The first kappa shape index (κ1) is 11.8. The fourth-order valence-corrected chi connectivity index (χ4v) is 1.34. The highest BCUT2D eigenvalue weighted by Gasteiger charge is 2.13. The zero-order chi connectivity index (χ0) is 11.4. The highest BCUT2D eigenvalue weighted by atomic mass is 35.5. The Kier molecular flexibility index (Phi) is 3.91. The number of carboxylic acids is 1. The number of aromatic carboxylic acids is 1. The molecule has 0 atom stereocenters. The molecule has 0 amide bonds. The van der Waals surface area contributed by atoms with Crippen LogP contribution in [0.1, 0.15) is 23.7 Å². The van der Waals surface area contributed by atoms with Crippen LogP contribution in [0.5, 0.6) is 0 Å². The Hall–Kier alpha value is -1.29. The molecule has 15 heavy (non-hydrogen) atoms. The van der Waals surface area contributed by atoms with Gasteiger partial charge in [0, 0.05) is 6.54 Å². The fraction of sp³-hybridized carbons (Fsp3) is 0.300. The number of hydrogen-bond acceptors (Lipinski definition) is 2. The fourth-order valence-electron chi connectivity index (χ4n) is 1.11. The molecule has 0 fully saturated rings. The first-order chi connectivity index (χ1) is 7.06. The van der Waals surface area contributed by atoms with E-state index in [9.17, 15) is 9.18 Å². The van der Waals surface area contributed by atoms with Crippen molar-refractivity contribution in [1.29, 1.82) is 0 Å². The number of benzene rings is 1. The Morgan fingerprint density at radius 2 is 2.27 bits per heavy atom. The minimum atomic E-state index is -1.17. The summed E-state index contributed by atoms with van der Waals surface area (Å²) >= 11 is 5.58. The van der Waals surface area contributed by atoms with Gasteiger partial charge in [0.2, 0.25) is 0 Å². The second-order valence-corrected chi connectivity index (χ2v) is 3.45. The van der Waals surface area contributed by atoms with Crippen molar-refractivity contribution in [2.75, 3.05) is 11.9 Å². The lowest BCUT2D eigenvalue weighted by atomic mass is 10.2. The van der Waals surface area contributed by atoms with E-state index in [0.717, 1.165) is 12.5 Å². The quantitative estimate of drug-likeness (QED) is 0.838. The van der Waals surface area contributed by atoms with Gasteiger partial charge in [0.05, 0.1) is 16.3 Å². The molecule has 0 aliphatic rings. The van der Waals surface area contributed by atoms with Gasteiger partial charge in [-0.1, -0.05) is 18.5 Å². The molecule has 0 heterocycles. The standard InChI is InChI=1S/C10H11ClFNO2/c1-2-3-13-9-4-6(10(14)15)7(11)5-8(9)12/h4-5,13H,2-3H2,1H3,(H,14,15). The summed E-state index contributed by atoms with van der Waals surface area (Å²) in [6.07, 6.45) is 0.824. The second-order valence-electron chi connectivity index (χ2n) is 3.04. The second kappa shape index (κ2) is 4.98. The molecule has 0 bridgehead atoms. The van der Waals surface area contributed by atoms with Crippen LogP contribution >= 0.6 is 11.6 Å². The molecule has 0 spiro atoms. The van der Waals surface area contributed by atoms with E-state index < -0.39 is 11.8 Å². The Balaban J connectivity index is 3.06. The summed E-state index contributed by atoms with van der Waals surface area (Å²) in [7, 11) is 0. The third kappa shape index (κ3) is 2.83. The number of halogens is 2. The molecule has 0 saturated heterocycles. The highest BCUT2D eigenvalue weighted by Crippen LogP contribution is 2.24. The summed E-state index contributed by atoms with van der Waals surface area (Å²) in [6, 6.07) is 2.21. The summed E-state index contributed by atoms with van der Waals surface area (Å²) in [5.41, 5.74) is 0.0651. The normalized spacial score (nSPS) is 10.1. The van der Waals surface area contributed by atoms with Crippen molar-refractivity contribution in [3.63, 3.8) is 0 Å². The van der Waals surface area contributed by atoms with Gasteiger partial charge in [0.15, 0.2) is 0 Å². The van der Waals surface area contributed by atoms with Crippen molar-refractivity contribution in [2.45, 2.75) is 13.3 Å². The average molecular weight is 232 g/mol. The Labute approximate surface area is 91.9 Å². The van der Waals surface area contributed by atoms with Crippen LogP contribution in [0, 0.1) is 5.82 Å². The SMILES string of the molecule is CCCNc1cc(C(=O)O)c(Cl)cc1F. The van der Waals surface area contributed by atoms with Gasteiger partial charge in [-0.05, 0) is 18.6 Å². The summed E-state index contributed by atoms with van der Waals surface area (Å²) in [6.45, 7) is 2.51. The lowest BCUT2D eigenvalue weighted by Crippen LogP contribution is -2.05. The van der Waals surface area contributed by atoms with E-state index in [0.29, 0.717) is 6.54 Å². The third-order valence-corrected chi connectivity index (χ3v) is 2.17. The van der Waals surface area contributed by atoms with Crippen molar-refractivity contribution < 1.29 is 14.3 Å². The van der Waals surface area contributed by atoms with E-state index in [1.54, 1.807) is 0 Å². The van der Waals surface area contributed by atoms with Crippen LogP contribution in [0.3, 0.4) is 0 Å². The van der Waals surface area contributed by atoms with Gasteiger partial charge in [-0.3, -0.25) is 0 Å². The molecule has 1 aromatic rings. The monoisotopic (exact) mass is 231 g/mol. The molecular formula is C10H11ClFNO2. The lowest BCUT2D eigenvalue weighted by Gasteiger charge is -2.08. The van der Waals surface area contributed by atoms with Gasteiger partial charge in [0.1, 0.15) is 5.82 Å². The minimum absolute atomic E-state index is 0.0953. The molecule has 0 saturated carbocycles. The maximum atomic E-state index is 13.3. The molecule has 1 aromatic carbocycles. The third-order valence-electron chi connectivity index (χ3n) is 1.85. The number of carbonyl (C=O) groups is 1. The van der Waals surface area contributed by atoms with Gasteiger partial charge >= 0.3 is 5.97 Å². The van der Waals surface area contributed by atoms with Gasteiger partial charge in [-0.15, -0.1) is 0 Å². The van der Waals surface area contributed by atoms with Crippen LogP contribution in [-0.4, -0.2) is 17.6 Å². The minimum Gasteiger partial charge on any atom is -0.478 e. The van der Waals surface area contributed by atoms with E-state index in [2.05, 4.69) is 5.32 Å². The maximum Gasteiger partial charge on any atom is 0.337 e. The summed E-state index contributed by atoms with van der Waals surface area (Å²) in [5.74, 6) is -1.71. The smallest absolute Gasteiger partial charge is 0.337 e. The zero-order valence-electron chi connectivity index (χ0n) is 8.18. The molecule has 2 N–H and O–H groups in total. The van der Waals surface area contributed by atoms with Gasteiger partial charge in [0.25, 0.3) is 0 Å². The van der Waals surface area contributed by atoms with E-state index in [1.165, 1.54) is 6.07 Å². The van der Waals surface area contributed by atoms with Crippen LogP contribution in [0.15, 0.2) is 12.1 Å².